The average Bonchev–Trinajstić information content (AvgIpc) is 3.37. The van der Waals surface area contributed by atoms with Crippen LogP contribution in [0.5, 0.6) is 0 Å². The van der Waals surface area contributed by atoms with E-state index in [1.807, 2.05) is 26.1 Å². The number of ether oxygens (including phenoxy) is 1. The van der Waals surface area contributed by atoms with Crippen LogP contribution >= 0.6 is 0 Å². The number of anilines is 2. The van der Waals surface area contributed by atoms with Crippen LogP contribution in [0, 0.1) is 5.92 Å². The third kappa shape index (κ3) is 3.97. The van der Waals surface area contributed by atoms with E-state index in [4.69, 9.17) is 9.72 Å². The van der Waals surface area contributed by atoms with E-state index < -0.39 is 11.6 Å². The molecule has 1 N–H and O–H groups in total. The van der Waals surface area contributed by atoms with Gasteiger partial charge in [-0.15, -0.1) is 0 Å². The van der Waals surface area contributed by atoms with Gasteiger partial charge < -0.3 is 14.6 Å². The Balaban J connectivity index is 1.53. The fourth-order valence-corrected chi connectivity index (χ4v) is 3.84. The molecule has 154 valence electrons. The molecule has 0 aliphatic carbocycles. The lowest BCUT2D eigenvalue weighted by molar-refractivity contribution is -0.148. The summed E-state index contributed by atoms with van der Waals surface area (Å²) >= 11 is 0. The first-order valence-corrected chi connectivity index (χ1v) is 10.2. The maximum Gasteiger partial charge on any atom is 0.331 e. The highest BCUT2D eigenvalue weighted by molar-refractivity contribution is 5.78. The number of nitrogens with zero attached hydrogens (tertiary/aromatic N) is 5. The molecule has 0 saturated carbocycles. The number of hydrogen-bond acceptors (Lipinski definition) is 6. The van der Waals surface area contributed by atoms with E-state index in [0.717, 1.165) is 36.1 Å². The van der Waals surface area contributed by atoms with Crippen molar-refractivity contribution in [3.63, 3.8) is 0 Å². The van der Waals surface area contributed by atoms with Crippen LogP contribution in [0.4, 0.5) is 11.6 Å². The minimum Gasteiger partial charge on any atom is -0.458 e. The highest BCUT2D eigenvalue weighted by atomic mass is 16.6. The molecule has 0 radical (unpaired) electrons. The van der Waals surface area contributed by atoms with Crippen molar-refractivity contribution in [3.8, 4) is 0 Å². The van der Waals surface area contributed by atoms with Crippen molar-refractivity contribution in [1.29, 1.82) is 0 Å². The Hall–Kier alpha value is -2.90. The molecule has 3 aromatic rings. The van der Waals surface area contributed by atoms with Gasteiger partial charge in [0.25, 0.3) is 0 Å². The van der Waals surface area contributed by atoms with Crippen LogP contribution in [0.15, 0.2) is 30.9 Å². The van der Waals surface area contributed by atoms with Crippen molar-refractivity contribution < 1.29 is 9.53 Å². The standard InChI is InChI=1S/C21H28N6O2/c1-5-14(6-2)12-26-8-7-15-10-22-20(25-18(15)26)24-16-11-23-27(13-16)17-9-21(3,4)29-19(17)28/h7-8,10-11,13-14,17H,5-6,9,12H2,1-4H3,(H,22,24,25). The van der Waals surface area contributed by atoms with Gasteiger partial charge in [-0.05, 0) is 25.8 Å². The molecular weight excluding hydrogens is 368 g/mol. The van der Waals surface area contributed by atoms with Crippen molar-refractivity contribution in [3.05, 3.63) is 30.9 Å². The average molecular weight is 396 g/mol. The quantitative estimate of drug-likeness (QED) is 0.606. The maximum atomic E-state index is 12.1. The maximum absolute atomic E-state index is 12.1. The molecule has 1 unspecified atom stereocenters. The van der Waals surface area contributed by atoms with Gasteiger partial charge in [-0.25, -0.2) is 9.78 Å². The fourth-order valence-electron chi connectivity index (χ4n) is 3.84. The van der Waals surface area contributed by atoms with Crippen LogP contribution in [0.1, 0.15) is 53.0 Å². The van der Waals surface area contributed by atoms with Crippen molar-refractivity contribution in [2.75, 3.05) is 5.32 Å². The van der Waals surface area contributed by atoms with Gasteiger partial charge in [-0.1, -0.05) is 26.7 Å². The first kappa shape index (κ1) is 19.4. The summed E-state index contributed by atoms with van der Waals surface area (Å²) < 4.78 is 9.24. The summed E-state index contributed by atoms with van der Waals surface area (Å²) in [6.45, 7) is 9.21. The first-order valence-electron chi connectivity index (χ1n) is 10.2. The number of carbonyl (C=O) groups is 1. The van der Waals surface area contributed by atoms with Crippen molar-refractivity contribution in [2.45, 2.75) is 65.1 Å². The van der Waals surface area contributed by atoms with Gasteiger partial charge in [0.15, 0.2) is 6.04 Å². The minimum atomic E-state index is -0.463. The molecule has 8 heteroatoms. The molecule has 0 bridgehead atoms. The Bertz CT molecular complexity index is 1020. The van der Waals surface area contributed by atoms with E-state index in [0.29, 0.717) is 18.3 Å². The number of hydrogen-bond donors (Lipinski definition) is 1. The molecular formula is C21H28N6O2. The van der Waals surface area contributed by atoms with Crippen LogP contribution in [0.2, 0.25) is 0 Å². The molecule has 3 aromatic heterocycles. The largest absolute Gasteiger partial charge is 0.458 e. The molecule has 1 aliphatic heterocycles. The lowest BCUT2D eigenvalue weighted by Crippen LogP contribution is -2.17. The zero-order chi connectivity index (χ0) is 20.6. The molecule has 4 heterocycles. The topological polar surface area (TPSA) is 86.9 Å². The second-order valence-corrected chi connectivity index (χ2v) is 8.36. The summed E-state index contributed by atoms with van der Waals surface area (Å²) in [6, 6.07) is 1.65. The SMILES string of the molecule is CCC(CC)Cn1ccc2cnc(Nc3cnn(C4CC(C)(C)OC4=O)c3)nc21. The van der Waals surface area contributed by atoms with Crippen LogP contribution in [0.25, 0.3) is 11.0 Å². The Morgan fingerprint density at radius 2 is 2.10 bits per heavy atom. The lowest BCUT2D eigenvalue weighted by atomic mass is 10.0. The number of cyclic esters (lactones) is 1. The van der Waals surface area contributed by atoms with Gasteiger partial charge in [0.2, 0.25) is 5.95 Å². The van der Waals surface area contributed by atoms with E-state index in [1.165, 1.54) is 0 Å². The summed E-state index contributed by atoms with van der Waals surface area (Å²) in [5, 5.41) is 8.56. The summed E-state index contributed by atoms with van der Waals surface area (Å²) in [5.41, 5.74) is 1.19. The van der Waals surface area contributed by atoms with Gasteiger partial charge >= 0.3 is 5.97 Å². The van der Waals surface area contributed by atoms with E-state index in [1.54, 1.807) is 17.1 Å². The number of aromatic nitrogens is 5. The highest BCUT2D eigenvalue weighted by Gasteiger charge is 2.41. The molecule has 1 aliphatic rings. The summed E-state index contributed by atoms with van der Waals surface area (Å²) in [7, 11) is 0. The van der Waals surface area contributed by atoms with E-state index >= 15 is 0 Å². The normalized spacial score (nSPS) is 18.5. The number of nitrogens with one attached hydrogen (secondary N) is 1. The Kier molecular flexibility index (Phi) is 5.02. The van der Waals surface area contributed by atoms with Gasteiger partial charge in [0.1, 0.15) is 11.2 Å². The molecule has 0 spiro atoms. The van der Waals surface area contributed by atoms with Crippen LogP contribution in [0.3, 0.4) is 0 Å². The second kappa shape index (κ2) is 7.50. The van der Waals surface area contributed by atoms with E-state index in [9.17, 15) is 4.79 Å². The first-order chi connectivity index (χ1) is 13.9. The molecule has 8 nitrogen and oxygen atoms in total. The zero-order valence-electron chi connectivity index (χ0n) is 17.4. The molecule has 29 heavy (non-hydrogen) atoms. The minimum absolute atomic E-state index is 0.249. The predicted octanol–water partition coefficient (Wildman–Crippen LogP) is 4.07. The molecule has 1 fully saturated rings. The lowest BCUT2D eigenvalue weighted by Gasteiger charge is -2.14. The van der Waals surface area contributed by atoms with Crippen molar-refractivity contribution >= 4 is 28.6 Å². The molecule has 0 amide bonds. The fraction of sp³-hybridized carbons (Fsp3) is 0.524. The van der Waals surface area contributed by atoms with E-state index in [-0.39, 0.29) is 5.97 Å². The van der Waals surface area contributed by atoms with Gasteiger partial charge in [0, 0.05) is 36.9 Å². The number of rotatable bonds is 7. The second-order valence-electron chi connectivity index (χ2n) is 8.36. The summed E-state index contributed by atoms with van der Waals surface area (Å²) in [5.74, 6) is 0.892. The summed E-state index contributed by atoms with van der Waals surface area (Å²) in [6.07, 6.45) is 10.3. The summed E-state index contributed by atoms with van der Waals surface area (Å²) in [4.78, 5) is 21.2. The third-order valence-electron chi connectivity index (χ3n) is 5.62. The Labute approximate surface area is 170 Å². The Morgan fingerprint density at radius 1 is 1.31 bits per heavy atom. The van der Waals surface area contributed by atoms with Gasteiger partial charge in [-0.3, -0.25) is 4.68 Å². The zero-order valence-corrected chi connectivity index (χ0v) is 17.4. The smallest absolute Gasteiger partial charge is 0.331 e. The molecule has 1 atom stereocenters. The van der Waals surface area contributed by atoms with Gasteiger partial charge in [-0.2, -0.15) is 10.1 Å². The monoisotopic (exact) mass is 396 g/mol. The molecule has 4 rings (SSSR count). The number of fused-ring (bicyclic) bond motifs is 1. The third-order valence-corrected chi connectivity index (χ3v) is 5.62. The highest BCUT2D eigenvalue weighted by Crippen LogP contribution is 2.33. The number of esters is 1. The molecule has 1 saturated heterocycles. The van der Waals surface area contributed by atoms with Crippen LogP contribution < -0.4 is 5.32 Å². The Morgan fingerprint density at radius 3 is 2.79 bits per heavy atom. The van der Waals surface area contributed by atoms with Crippen LogP contribution in [-0.4, -0.2) is 35.9 Å². The van der Waals surface area contributed by atoms with Crippen molar-refractivity contribution in [2.24, 2.45) is 5.92 Å². The van der Waals surface area contributed by atoms with Crippen molar-refractivity contribution in [1.82, 2.24) is 24.3 Å². The van der Waals surface area contributed by atoms with E-state index in [2.05, 4.69) is 40.0 Å². The predicted molar refractivity (Wildman–Crippen MR) is 111 cm³/mol. The van der Waals surface area contributed by atoms with Crippen LogP contribution in [-0.2, 0) is 16.1 Å². The van der Waals surface area contributed by atoms with Gasteiger partial charge in [0.05, 0.1) is 11.9 Å². The molecule has 0 aromatic carbocycles. The number of carbonyl (C=O) groups excluding carboxylic acids is 1.